The van der Waals surface area contributed by atoms with E-state index in [1.807, 2.05) is 13.0 Å². The van der Waals surface area contributed by atoms with E-state index in [1.54, 1.807) is 24.7 Å². The summed E-state index contributed by atoms with van der Waals surface area (Å²) >= 11 is 0. The van der Waals surface area contributed by atoms with Crippen LogP contribution in [-0.2, 0) is 6.42 Å². The number of nitrogens with zero attached hydrogens (tertiary/aromatic N) is 2. The first kappa shape index (κ1) is 12.1. The molecular formula is C12H14N4O2. The van der Waals surface area contributed by atoms with Crippen molar-refractivity contribution < 1.29 is 4.92 Å². The summed E-state index contributed by atoms with van der Waals surface area (Å²) in [5.74, 6) is 0. The Morgan fingerprint density at radius 3 is 3.00 bits per heavy atom. The van der Waals surface area contributed by atoms with Gasteiger partial charge in [-0.1, -0.05) is 6.07 Å². The monoisotopic (exact) mass is 246 g/mol. The second-order valence-corrected chi connectivity index (χ2v) is 4.03. The predicted octanol–water partition coefficient (Wildman–Crippen LogP) is 2.28. The molecule has 0 radical (unpaired) electrons. The van der Waals surface area contributed by atoms with Crippen LogP contribution >= 0.6 is 0 Å². The van der Waals surface area contributed by atoms with E-state index in [9.17, 15) is 10.1 Å². The van der Waals surface area contributed by atoms with Gasteiger partial charge in [0.2, 0.25) is 0 Å². The lowest BCUT2D eigenvalue weighted by Crippen LogP contribution is -2.07. The van der Waals surface area contributed by atoms with E-state index < -0.39 is 0 Å². The molecule has 0 atom stereocenters. The van der Waals surface area contributed by atoms with Crippen LogP contribution in [0.25, 0.3) is 0 Å². The van der Waals surface area contributed by atoms with E-state index in [0.717, 1.165) is 17.7 Å². The summed E-state index contributed by atoms with van der Waals surface area (Å²) in [5.41, 5.74) is 2.53. The number of nitro groups is 1. The smallest absolute Gasteiger partial charge is 0.292 e. The number of rotatable bonds is 5. The molecule has 2 rings (SSSR count). The lowest BCUT2D eigenvalue weighted by atomic mass is 10.2. The quantitative estimate of drug-likeness (QED) is 0.626. The van der Waals surface area contributed by atoms with Crippen molar-refractivity contribution >= 4 is 11.4 Å². The summed E-state index contributed by atoms with van der Waals surface area (Å²) in [6.07, 6.45) is 4.10. The van der Waals surface area contributed by atoms with Gasteiger partial charge in [0.25, 0.3) is 5.69 Å². The highest BCUT2D eigenvalue weighted by Gasteiger charge is 2.12. The van der Waals surface area contributed by atoms with Gasteiger partial charge in [0.05, 0.1) is 11.3 Å². The molecule has 6 heteroatoms. The number of hydrogen-bond donors (Lipinski definition) is 2. The van der Waals surface area contributed by atoms with Gasteiger partial charge in [-0.15, -0.1) is 0 Å². The van der Waals surface area contributed by atoms with Crippen LogP contribution in [0.3, 0.4) is 0 Å². The molecule has 2 aromatic rings. The third kappa shape index (κ3) is 2.85. The first-order valence-electron chi connectivity index (χ1n) is 5.63. The number of nitro benzene ring substituents is 1. The molecule has 0 bridgehead atoms. The van der Waals surface area contributed by atoms with Crippen molar-refractivity contribution in [1.29, 1.82) is 0 Å². The van der Waals surface area contributed by atoms with Crippen molar-refractivity contribution in [1.82, 2.24) is 9.97 Å². The number of aromatic amines is 1. The van der Waals surface area contributed by atoms with Crippen LogP contribution in [0, 0.1) is 17.0 Å². The minimum absolute atomic E-state index is 0.111. The highest BCUT2D eigenvalue weighted by molar-refractivity contribution is 5.62. The van der Waals surface area contributed by atoms with Crippen LogP contribution in [0.1, 0.15) is 11.3 Å². The average molecular weight is 246 g/mol. The Morgan fingerprint density at radius 1 is 1.50 bits per heavy atom. The zero-order valence-electron chi connectivity index (χ0n) is 10.0. The predicted molar refractivity (Wildman–Crippen MR) is 68.6 cm³/mol. The van der Waals surface area contributed by atoms with Crippen LogP contribution < -0.4 is 5.32 Å². The second kappa shape index (κ2) is 5.31. The fourth-order valence-corrected chi connectivity index (χ4v) is 1.70. The fraction of sp³-hybridized carbons (Fsp3) is 0.250. The van der Waals surface area contributed by atoms with Gasteiger partial charge < -0.3 is 10.3 Å². The van der Waals surface area contributed by atoms with E-state index >= 15 is 0 Å². The Bertz CT molecular complexity index is 537. The minimum atomic E-state index is -0.370. The van der Waals surface area contributed by atoms with E-state index in [0.29, 0.717) is 12.2 Å². The molecule has 0 amide bonds. The highest BCUT2D eigenvalue weighted by Crippen LogP contribution is 2.25. The third-order valence-electron chi connectivity index (χ3n) is 2.61. The van der Waals surface area contributed by atoms with Crippen molar-refractivity contribution in [2.75, 3.05) is 11.9 Å². The Balaban J connectivity index is 2.02. The van der Waals surface area contributed by atoms with Gasteiger partial charge in [-0.3, -0.25) is 10.1 Å². The van der Waals surface area contributed by atoms with E-state index in [4.69, 9.17) is 0 Å². The lowest BCUT2D eigenvalue weighted by Gasteiger charge is -2.06. The molecule has 1 aromatic heterocycles. The molecular weight excluding hydrogens is 232 g/mol. The molecule has 0 aliphatic heterocycles. The Morgan fingerprint density at radius 2 is 2.33 bits per heavy atom. The van der Waals surface area contributed by atoms with E-state index in [-0.39, 0.29) is 10.6 Å². The number of aryl methyl sites for hydroxylation is 1. The van der Waals surface area contributed by atoms with Crippen molar-refractivity contribution in [3.8, 4) is 0 Å². The van der Waals surface area contributed by atoms with Gasteiger partial charge in [0, 0.05) is 30.9 Å². The van der Waals surface area contributed by atoms with Crippen LogP contribution in [0.5, 0.6) is 0 Å². The number of H-pyrrole nitrogens is 1. The van der Waals surface area contributed by atoms with Crippen molar-refractivity contribution in [3.63, 3.8) is 0 Å². The van der Waals surface area contributed by atoms with Crippen molar-refractivity contribution in [3.05, 3.63) is 52.1 Å². The Labute approximate surface area is 104 Å². The topological polar surface area (TPSA) is 83.8 Å². The lowest BCUT2D eigenvalue weighted by molar-refractivity contribution is -0.384. The summed E-state index contributed by atoms with van der Waals surface area (Å²) in [6, 6.07) is 5.16. The van der Waals surface area contributed by atoms with Gasteiger partial charge in [-0.2, -0.15) is 0 Å². The summed E-state index contributed by atoms with van der Waals surface area (Å²) in [5, 5.41) is 14.0. The number of benzene rings is 1. The molecule has 18 heavy (non-hydrogen) atoms. The van der Waals surface area contributed by atoms with Crippen LogP contribution in [-0.4, -0.2) is 21.4 Å². The van der Waals surface area contributed by atoms with Crippen LogP contribution in [0.15, 0.2) is 30.7 Å². The minimum Gasteiger partial charge on any atom is -0.379 e. The number of imidazole rings is 1. The van der Waals surface area contributed by atoms with E-state index in [1.165, 1.54) is 0 Å². The molecule has 0 saturated heterocycles. The normalized spacial score (nSPS) is 10.3. The molecule has 0 spiro atoms. The summed E-state index contributed by atoms with van der Waals surface area (Å²) in [4.78, 5) is 17.4. The SMILES string of the molecule is Cc1ccc(NCCc2cnc[nH]2)c([N+](=O)[O-])c1. The third-order valence-corrected chi connectivity index (χ3v) is 2.61. The van der Waals surface area contributed by atoms with Gasteiger partial charge in [-0.05, 0) is 18.6 Å². The van der Waals surface area contributed by atoms with Crippen LogP contribution in [0.2, 0.25) is 0 Å². The highest BCUT2D eigenvalue weighted by atomic mass is 16.6. The zero-order chi connectivity index (χ0) is 13.0. The number of nitrogens with one attached hydrogen (secondary N) is 2. The molecule has 6 nitrogen and oxygen atoms in total. The second-order valence-electron chi connectivity index (χ2n) is 4.03. The number of hydrogen-bond acceptors (Lipinski definition) is 4. The molecule has 2 N–H and O–H groups in total. The van der Waals surface area contributed by atoms with Gasteiger partial charge in [0.1, 0.15) is 5.69 Å². The van der Waals surface area contributed by atoms with Crippen molar-refractivity contribution in [2.45, 2.75) is 13.3 Å². The Hall–Kier alpha value is -2.37. The van der Waals surface area contributed by atoms with Gasteiger partial charge in [0.15, 0.2) is 0 Å². The number of aromatic nitrogens is 2. The maximum atomic E-state index is 10.9. The summed E-state index contributed by atoms with van der Waals surface area (Å²) in [7, 11) is 0. The Kier molecular flexibility index (Phi) is 3.57. The molecule has 0 aliphatic carbocycles. The fourth-order valence-electron chi connectivity index (χ4n) is 1.70. The standard InChI is InChI=1S/C12H14N4O2/c1-9-2-3-11(12(6-9)16(17)18)14-5-4-10-7-13-8-15-10/h2-3,6-8,14H,4-5H2,1H3,(H,13,15). The molecule has 0 fully saturated rings. The summed E-state index contributed by atoms with van der Waals surface area (Å²) < 4.78 is 0. The molecule has 0 aliphatic rings. The molecule has 1 aromatic carbocycles. The van der Waals surface area contributed by atoms with Gasteiger partial charge in [-0.25, -0.2) is 4.98 Å². The largest absolute Gasteiger partial charge is 0.379 e. The summed E-state index contributed by atoms with van der Waals surface area (Å²) in [6.45, 7) is 2.45. The van der Waals surface area contributed by atoms with Crippen LogP contribution in [0.4, 0.5) is 11.4 Å². The maximum absolute atomic E-state index is 10.9. The van der Waals surface area contributed by atoms with E-state index in [2.05, 4.69) is 15.3 Å². The number of anilines is 1. The molecule has 0 saturated carbocycles. The van der Waals surface area contributed by atoms with Gasteiger partial charge >= 0.3 is 0 Å². The zero-order valence-corrected chi connectivity index (χ0v) is 10.0. The first-order chi connectivity index (χ1) is 8.66. The maximum Gasteiger partial charge on any atom is 0.292 e. The average Bonchev–Trinajstić information content (AvgIpc) is 2.84. The molecule has 0 unspecified atom stereocenters. The first-order valence-corrected chi connectivity index (χ1v) is 5.63. The molecule has 1 heterocycles. The molecule has 94 valence electrons. The van der Waals surface area contributed by atoms with Crippen molar-refractivity contribution in [2.24, 2.45) is 0 Å².